The normalized spacial score (nSPS) is 16.7. The Morgan fingerprint density at radius 3 is 1.78 bits per heavy atom. The number of fused-ring (bicyclic) bond motifs is 9. The molecular formula is C65H68Cl2N8O8. The van der Waals surface area contributed by atoms with Crippen LogP contribution in [0.5, 0.6) is 11.5 Å². The smallest absolute Gasteiger partial charge is 0.415 e. The molecule has 6 amide bonds. The Morgan fingerprint density at radius 1 is 0.663 bits per heavy atom. The number of halogens is 2. The summed E-state index contributed by atoms with van der Waals surface area (Å²) < 4.78 is 18.6. The van der Waals surface area contributed by atoms with Crippen LogP contribution in [0.4, 0.5) is 31.4 Å². The molecule has 18 heteroatoms. The van der Waals surface area contributed by atoms with Crippen LogP contribution < -0.4 is 41.0 Å². The Balaban J connectivity index is 0.722. The standard InChI is InChI=1S/C65H68Cl2N8O8/c1-72-28-30-73(31-29-72)65(80)83-58-33-56-62(53-20-9-7-18-51(53)58)43(35-67)38-75(56)60(77)22-10-21-59(76)74-37-42(34-66)61-52-19-8-6-17-50(52)57(32-55(61)74)81-39-41-23-25-44(26-24-41)70-36-45(12-11-27-69-63(68)78)71-64(79)82-40-54-48-15-4-2-13-46(48)47-14-3-5-16-49(47)54/h2-9,13-20,23-26,32-33,42-43,45,54,70H,10-12,21-22,27-31,34-40H2,1H3,(H,71,79)(H3,68,69,78)/t42-,43-,45-/m1/s1. The summed E-state index contributed by atoms with van der Waals surface area (Å²) in [4.78, 5) is 74.2. The van der Waals surface area contributed by atoms with Gasteiger partial charge in [-0.25, -0.2) is 14.4 Å². The first-order valence-electron chi connectivity index (χ1n) is 28.6. The van der Waals surface area contributed by atoms with E-state index in [0.717, 1.165) is 85.0 Å². The number of hydrogen-bond donors (Lipinski definition) is 4. The highest BCUT2D eigenvalue weighted by atomic mass is 35.5. The van der Waals surface area contributed by atoms with Gasteiger partial charge in [0.2, 0.25) is 11.8 Å². The number of rotatable bonds is 20. The van der Waals surface area contributed by atoms with Gasteiger partial charge in [0.15, 0.2) is 0 Å². The molecule has 0 bridgehead atoms. The van der Waals surface area contributed by atoms with Gasteiger partial charge in [0.1, 0.15) is 24.7 Å². The van der Waals surface area contributed by atoms with Gasteiger partial charge in [-0.15, -0.1) is 23.2 Å². The van der Waals surface area contributed by atoms with Crippen LogP contribution in [0.2, 0.25) is 0 Å². The summed E-state index contributed by atoms with van der Waals surface area (Å²) in [7, 11) is 2.03. The number of nitrogens with one attached hydrogen (secondary N) is 3. The molecule has 11 rings (SSSR count). The maximum atomic E-state index is 14.4. The highest BCUT2D eigenvalue weighted by molar-refractivity contribution is 6.19. The molecule has 0 unspecified atom stereocenters. The molecular weight excluding hydrogens is 1090 g/mol. The number of nitrogens with zero attached hydrogens (tertiary/aromatic N) is 4. The van der Waals surface area contributed by atoms with Crippen LogP contribution in [0, 0.1) is 0 Å². The number of ether oxygens (including phenoxy) is 3. The summed E-state index contributed by atoms with van der Waals surface area (Å²) in [5.41, 5.74) is 15.0. The zero-order valence-electron chi connectivity index (χ0n) is 46.4. The first-order valence-corrected chi connectivity index (χ1v) is 29.6. The number of carbonyl (C=O) groups is 5. The molecule has 3 heterocycles. The topological polar surface area (TPSA) is 188 Å². The van der Waals surface area contributed by atoms with E-state index in [1.807, 2.05) is 110 Å². The van der Waals surface area contributed by atoms with Gasteiger partial charge in [0.05, 0.1) is 11.4 Å². The van der Waals surface area contributed by atoms with E-state index >= 15 is 0 Å². The molecule has 5 N–H and O–H groups in total. The second-order valence-corrected chi connectivity index (χ2v) is 22.5. The van der Waals surface area contributed by atoms with Crippen LogP contribution in [0.15, 0.2) is 133 Å². The Bertz CT molecular complexity index is 3510. The lowest BCUT2D eigenvalue weighted by molar-refractivity contribution is -0.119. The quantitative estimate of drug-likeness (QED) is 0.0422. The highest BCUT2D eigenvalue weighted by Gasteiger charge is 2.38. The van der Waals surface area contributed by atoms with E-state index in [-0.39, 0.29) is 61.7 Å². The predicted octanol–water partition coefficient (Wildman–Crippen LogP) is 11.3. The minimum atomic E-state index is -0.603. The van der Waals surface area contributed by atoms with Crippen molar-refractivity contribution in [3.63, 3.8) is 0 Å². The monoisotopic (exact) mass is 1160 g/mol. The van der Waals surface area contributed by atoms with Gasteiger partial charge < -0.3 is 55.5 Å². The van der Waals surface area contributed by atoms with Crippen LogP contribution >= 0.6 is 23.2 Å². The van der Waals surface area contributed by atoms with Crippen LogP contribution in [0.1, 0.15) is 77.7 Å². The van der Waals surface area contributed by atoms with Crippen molar-refractivity contribution in [2.75, 3.05) is 92.9 Å². The van der Waals surface area contributed by atoms with Crippen molar-refractivity contribution in [1.82, 2.24) is 20.4 Å². The first-order chi connectivity index (χ1) is 40.5. The number of urea groups is 1. The number of primary amides is 1. The van der Waals surface area contributed by atoms with Crippen molar-refractivity contribution in [1.29, 1.82) is 0 Å². The molecule has 3 atom stereocenters. The number of carbonyl (C=O) groups excluding carboxylic acids is 5. The Labute approximate surface area is 493 Å². The molecule has 430 valence electrons. The van der Waals surface area contributed by atoms with Gasteiger partial charge in [0.25, 0.3) is 0 Å². The number of hydrogen-bond acceptors (Lipinski definition) is 10. The Kier molecular flexibility index (Phi) is 17.5. The summed E-state index contributed by atoms with van der Waals surface area (Å²) in [5.74, 6) is 1.07. The highest BCUT2D eigenvalue weighted by Crippen LogP contribution is 2.49. The maximum absolute atomic E-state index is 14.4. The summed E-state index contributed by atoms with van der Waals surface area (Å²) in [5, 5.41) is 12.7. The van der Waals surface area contributed by atoms with E-state index in [1.54, 1.807) is 20.8 Å². The minimum absolute atomic E-state index is 0.0736. The summed E-state index contributed by atoms with van der Waals surface area (Å²) >= 11 is 13.3. The summed E-state index contributed by atoms with van der Waals surface area (Å²) in [6, 6.07) is 42.9. The largest absolute Gasteiger partial charge is 0.488 e. The van der Waals surface area contributed by atoms with Crippen molar-refractivity contribution < 1.29 is 38.2 Å². The molecule has 1 fully saturated rings. The van der Waals surface area contributed by atoms with E-state index in [9.17, 15) is 24.0 Å². The van der Waals surface area contributed by atoms with E-state index in [1.165, 1.54) is 0 Å². The predicted molar refractivity (Wildman–Crippen MR) is 327 cm³/mol. The van der Waals surface area contributed by atoms with Crippen molar-refractivity contribution in [3.8, 4) is 22.6 Å². The van der Waals surface area contributed by atoms with Gasteiger partial charge in [-0.2, -0.15) is 0 Å². The fourth-order valence-corrected chi connectivity index (χ4v) is 12.8. The molecule has 0 saturated carbocycles. The van der Waals surface area contributed by atoms with E-state index in [4.69, 9.17) is 43.1 Å². The molecule has 0 radical (unpaired) electrons. The molecule has 7 aromatic carbocycles. The van der Waals surface area contributed by atoms with Gasteiger partial charge in [-0.1, -0.05) is 109 Å². The van der Waals surface area contributed by atoms with Crippen LogP contribution in [-0.2, 0) is 20.9 Å². The van der Waals surface area contributed by atoms with E-state index < -0.39 is 18.2 Å². The molecule has 7 aromatic rings. The second kappa shape index (κ2) is 25.6. The van der Waals surface area contributed by atoms with Crippen LogP contribution in [-0.4, -0.2) is 124 Å². The summed E-state index contributed by atoms with van der Waals surface area (Å²) in [6.07, 6.45) is 0.759. The van der Waals surface area contributed by atoms with Gasteiger partial charge in [-0.05, 0) is 88.2 Å². The Morgan fingerprint density at radius 2 is 1.20 bits per heavy atom. The lowest BCUT2D eigenvalue weighted by Crippen LogP contribution is -2.48. The third-order valence-electron chi connectivity index (χ3n) is 16.6. The van der Waals surface area contributed by atoms with Crippen molar-refractivity contribution in [2.45, 2.75) is 62.5 Å². The molecule has 1 saturated heterocycles. The van der Waals surface area contributed by atoms with Crippen LogP contribution in [0.3, 0.4) is 0 Å². The molecule has 1 aliphatic carbocycles. The maximum Gasteiger partial charge on any atom is 0.415 e. The van der Waals surface area contributed by atoms with E-state index in [2.05, 4.69) is 45.1 Å². The zero-order valence-corrected chi connectivity index (χ0v) is 47.9. The summed E-state index contributed by atoms with van der Waals surface area (Å²) in [6.45, 7) is 4.62. The number of likely N-dealkylation sites (N-methyl/N-ethyl adjacent to an activating group) is 1. The first kappa shape index (κ1) is 56.8. The van der Waals surface area contributed by atoms with Gasteiger partial charge in [0, 0.05) is 129 Å². The average molecular weight is 1160 g/mol. The number of nitrogens with two attached hydrogens (primary N) is 1. The number of amides is 6. The van der Waals surface area contributed by atoms with Crippen molar-refractivity contribution in [3.05, 3.63) is 161 Å². The number of alkyl carbamates (subject to hydrolysis) is 1. The van der Waals surface area contributed by atoms with Crippen molar-refractivity contribution in [2.24, 2.45) is 5.73 Å². The Hall–Kier alpha value is -8.05. The molecule has 83 heavy (non-hydrogen) atoms. The van der Waals surface area contributed by atoms with E-state index in [0.29, 0.717) is 87.5 Å². The molecule has 0 aromatic heterocycles. The minimum Gasteiger partial charge on any atom is -0.488 e. The van der Waals surface area contributed by atoms with Crippen molar-refractivity contribution >= 4 is 91.8 Å². The fourth-order valence-electron chi connectivity index (χ4n) is 12.3. The number of piperazine rings is 1. The third kappa shape index (κ3) is 12.4. The lowest BCUT2D eigenvalue weighted by Gasteiger charge is -2.31. The van der Waals surface area contributed by atoms with Gasteiger partial charge >= 0.3 is 18.2 Å². The molecule has 16 nitrogen and oxygen atoms in total. The number of alkyl halides is 2. The fraction of sp³-hybridized carbons (Fsp3) is 0.338. The van der Waals surface area contributed by atoms with Crippen LogP contribution in [0.25, 0.3) is 32.7 Å². The number of benzene rings is 7. The molecule has 0 spiro atoms. The number of anilines is 3. The molecule has 3 aliphatic heterocycles. The average Bonchev–Trinajstić information content (AvgIpc) is 3.76. The second-order valence-electron chi connectivity index (χ2n) is 21.9. The molecule has 4 aliphatic rings. The zero-order chi connectivity index (χ0) is 57.6. The SMILES string of the molecule is CN1CCN(C(=O)Oc2cc3c(c4ccccc24)[C@H](CCl)CN3C(=O)CCCC(=O)N2C[C@@H](CCl)c3c2cc(OCc2ccc(NC[C@@H](CCCNC(N)=O)NC(=O)OCC4c5ccccc5-c5ccccc54)cc2)c2ccccc32)CC1. The van der Waals surface area contributed by atoms with Gasteiger partial charge in [-0.3, -0.25) is 9.59 Å². The third-order valence-corrected chi connectivity index (χ3v) is 17.3. The lowest BCUT2D eigenvalue weighted by atomic mass is 9.95.